The Labute approximate surface area is 224 Å². The Morgan fingerprint density at radius 3 is 1.92 bits per heavy atom. The van der Waals surface area contributed by atoms with E-state index in [1.165, 1.54) is 25.7 Å². The van der Waals surface area contributed by atoms with Crippen molar-refractivity contribution in [2.24, 2.45) is 17.8 Å². The Bertz CT molecular complexity index is 881. The SMILES string of the molecule is CO[C@@]12CC[C@H](O[Si](C)(C)C(C)(C)C)[C@@H](C#C[C@@](C)(O[Si](C)(C)C(C)(C)C)C3CCCC3)[C@@H]1CC2=O. The Kier molecular flexibility index (Phi) is 8.31. The van der Waals surface area contributed by atoms with E-state index in [1.807, 2.05) is 0 Å². The lowest BCUT2D eigenvalue weighted by Crippen LogP contribution is -2.65. The number of rotatable bonds is 6. The molecular formula is C30H54O4Si2. The first-order valence-electron chi connectivity index (χ1n) is 14.3. The van der Waals surface area contributed by atoms with Crippen LogP contribution >= 0.6 is 0 Å². The van der Waals surface area contributed by atoms with Gasteiger partial charge in [-0.25, -0.2) is 0 Å². The van der Waals surface area contributed by atoms with Gasteiger partial charge >= 0.3 is 0 Å². The third kappa shape index (κ3) is 5.48. The molecule has 0 saturated heterocycles. The molecule has 0 aliphatic heterocycles. The van der Waals surface area contributed by atoms with Gasteiger partial charge in [0.05, 0.1) is 12.0 Å². The first kappa shape index (κ1) is 30.1. The molecule has 0 heterocycles. The molecule has 0 bridgehead atoms. The van der Waals surface area contributed by atoms with Gasteiger partial charge in [-0.3, -0.25) is 4.79 Å². The van der Waals surface area contributed by atoms with Crippen LogP contribution in [0.5, 0.6) is 0 Å². The quantitative estimate of drug-likeness (QED) is 0.258. The highest BCUT2D eigenvalue weighted by Crippen LogP contribution is 2.53. The van der Waals surface area contributed by atoms with Crippen LogP contribution in [0.2, 0.25) is 36.3 Å². The third-order valence-electron chi connectivity index (χ3n) is 10.6. The highest BCUT2D eigenvalue weighted by molar-refractivity contribution is 6.74. The van der Waals surface area contributed by atoms with Gasteiger partial charge in [-0.15, -0.1) is 0 Å². The first-order valence-corrected chi connectivity index (χ1v) is 20.1. The van der Waals surface area contributed by atoms with Crippen molar-refractivity contribution in [3.05, 3.63) is 0 Å². The van der Waals surface area contributed by atoms with Crippen molar-refractivity contribution in [2.75, 3.05) is 7.11 Å². The molecule has 206 valence electrons. The number of hydrogen-bond donors (Lipinski definition) is 0. The summed E-state index contributed by atoms with van der Waals surface area (Å²) in [5.74, 6) is 8.32. The number of fused-ring (bicyclic) bond motifs is 1. The van der Waals surface area contributed by atoms with Crippen molar-refractivity contribution in [1.29, 1.82) is 0 Å². The molecule has 0 aromatic rings. The van der Waals surface area contributed by atoms with Crippen LogP contribution in [0.3, 0.4) is 0 Å². The maximum absolute atomic E-state index is 12.8. The van der Waals surface area contributed by atoms with Crippen molar-refractivity contribution in [3.63, 3.8) is 0 Å². The van der Waals surface area contributed by atoms with E-state index < -0.39 is 27.8 Å². The second kappa shape index (κ2) is 9.94. The molecule has 0 aromatic heterocycles. The molecule has 5 atom stereocenters. The lowest BCUT2D eigenvalue weighted by atomic mass is 9.55. The van der Waals surface area contributed by atoms with Crippen LogP contribution in [0.1, 0.15) is 93.4 Å². The molecule has 0 N–H and O–H groups in total. The van der Waals surface area contributed by atoms with Crippen molar-refractivity contribution >= 4 is 22.4 Å². The number of methoxy groups -OCH3 is 1. The van der Waals surface area contributed by atoms with Crippen LogP contribution in [0.4, 0.5) is 0 Å². The van der Waals surface area contributed by atoms with Crippen LogP contribution in [-0.4, -0.2) is 46.8 Å². The van der Waals surface area contributed by atoms with E-state index in [4.69, 9.17) is 13.6 Å². The first-order chi connectivity index (χ1) is 16.3. The summed E-state index contributed by atoms with van der Waals surface area (Å²) in [5, 5.41) is 0.249. The summed E-state index contributed by atoms with van der Waals surface area (Å²) in [6.07, 6.45) is 7.03. The van der Waals surface area contributed by atoms with E-state index in [2.05, 4.69) is 86.5 Å². The topological polar surface area (TPSA) is 44.8 Å². The predicted molar refractivity (Wildman–Crippen MR) is 154 cm³/mol. The van der Waals surface area contributed by atoms with Crippen LogP contribution in [0.15, 0.2) is 0 Å². The number of ketones is 1. The fourth-order valence-corrected chi connectivity index (χ4v) is 8.95. The van der Waals surface area contributed by atoms with Crippen molar-refractivity contribution < 1.29 is 18.4 Å². The molecule has 3 aliphatic rings. The molecule has 0 unspecified atom stereocenters. The van der Waals surface area contributed by atoms with Crippen LogP contribution in [0.25, 0.3) is 0 Å². The van der Waals surface area contributed by atoms with E-state index in [0.29, 0.717) is 12.3 Å². The molecule has 0 spiro atoms. The Hall–Kier alpha value is -0.456. The minimum atomic E-state index is -2.03. The minimum absolute atomic E-state index is 0.00531. The van der Waals surface area contributed by atoms with Gasteiger partial charge in [-0.1, -0.05) is 66.2 Å². The summed E-state index contributed by atoms with van der Waals surface area (Å²) < 4.78 is 20.1. The zero-order chi connectivity index (χ0) is 27.4. The second-order valence-corrected chi connectivity index (χ2v) is 24.5. The average molecular weight is 535 g/mol. The third-order valence-corrected chi connectivity index (χ3v) is 19.7. The van der Waals surface area contributed by atoms with Gasteiger partial charge < -0.3 is 13.6 Å². The zero-order valence-corrected chi connectivity index (χ0v) is 27.4. The fraction of sp³-hybridized carbons (Fsp3) is 0.900. The molecule has 4 nitrogen and oxygen atoms in total. The predicted octanol–water partition coefficient (Wildman–Crippen LogP) is 7.74. The molecule has 3 fully saturated rings. The monoisotopic (exact) mass is 534 g/mol. The largest absolute Gasteiger partial charge is 0.413 e. The maximum atomic E-state index is 12.8. The van der Waals surface area contributed by atoms with Gasteiger partial charge in [0.15, 0.2) is 22.4 Å². The Morgan fingerprint density at radius 1 is 0.889 bits per heavy atom. The van der Waals surface area contributed by atoms with Crippen molar-refractivity contribution in [1.82, 2.24) is 0 Å². The summed E-state index contributed by atoms with van der Waals surface area (Å²) in [5.41, 5.74) is -1.14. The van der Waals surface area contributed by atoms with Gasteiger partial charge in [0, 0.05) is 19.4 Å². The standard InChI is InChI=1S/C30H54O4Si2/c1-27(2,3)35(9,10)33-25-18-20-30(32-8)24(21-26(30)31)23(25)17-19-29(7,22-15-13-14-16-22)34-36(11,12)28(4,5)6/h22-25H,13-16,18,20-21H2,1-12H3/t23-,24-,25-,29+,30-/m0/s1. The maximum Gasteiger partial charge on any atom is 0.194 e. The summed E-state index contributed by atoms with van der Waals surface area (Å²) in [4.78, 5) is 12.8. The molecule has 3 saturated carbocycles. The van der Waals surface area contributed by atoms with Gasteiger partial charge in [0.25, 0.3) is 0 Å². The smallest absolute Gasteiger partial charge is 0.194 e. The summed E-state index contributed by atoms with van der Waals surface area (Å²) >= 11 is 0. The highest BCUT2D eigenvalue weighted by atomic mass is 28.4. The summed E-state index contributed by atoms with van der Waals surface area (Å²) in [6, 6.07) is 0. The molecule has 0 aromatic carbocycles. The van der Waals surface area contributed by atoms with Crippen LogP contribution in [-0.2, 0) is 18.4 Å². The van der Waals surface area contributed by atoms with Gasteiger partial charge in [0.1, 0.15) is 11.2 Å². The van der Waals surface area contributed by atoms with Gasteiger partial charge in [-0.2, -0.15) is 0 Å². The molecule has 36 heavy (non-hydrogen) atoms. The van der Waals surface area contributed by atoms with Crippen molar-refractivity contribution in [2.45, 2.75) is 147 Å². The molecule has 3 aliphatic carbocycles. The van der Waals surface area contributed by atoms with Crippen LogP contribution in [0, 0.1) is 29.6 Å². The number of hydrogen-bond acceptors (Lipinski definition) is 4. The number of Topliss-reactive ketones (excluding diaryl/α,β-unsaturated/α-hetero) is 1. The second-order valence-electron chi connectivity index (χ2n) is 15.0. The highest BCUT2D eigenvalue weighted by Gasteiger charge is 2.62. The lowest BCUT2D eigenvalue weighted by molar-refractivity contribution is -0.189. The number of carbonyl (C=O) groups excluding carboxylic acids is 1. The summed E-state index contributed by atoms with van der Waals surface area (Å²) in [6.45, 7) is 25.4. The molecular weight excluding hydrogens is 480 g/mol. The molecule has 0 radical (unpaired) electrons. The van der Waals surface area contributed by atoms with Gasteiger partial charge in [-0.05, 0) is 74.8 Å². The van der Waals surface area contributed by atoms with E-state index in [1.54, 1.807) is 7.11 Å². The minimum Gasteiger partial charge on any atom is -0.413 e. The van der Waals surface area contributed by atoms with E-state index in [0.717, 1.165) is 12.8 Å². The fourth-order valence-electron chi connectivity index (χ4n) is 6.00. The molecule has 0 amide bonds. The molecule has 6 heteroatoms. The van der Waals surface area contributed by atoms with Crippen molar-refractivity contribution in [3.8, 4) is 11.8 Å². The van der Waals surface area contributed by atoms with Gasteiger partial charge in [0.2, 0.25) is 0 Å². The van der Waals surface area contributed by atoms with Crippen LogP contribution < -0.4 is 0 Å². The molecule has 3 rings (SSSR count). The van der Waals surface area contributed by atoms with E-state index in [9.17, 15) is 4.79 Å². The zero-order valence-electron chi connectivity index (χ0n) is 25.4. The average Bonchev–Trinajstić information content (AvgIpc) is 3.26. The Morgan fingerprint density at radius 2 is 1.44 bits per heavy atom. The number of carbonyl (C=O) groups is 1. The lowest BCUT2D eigenvalue weighted by Gasteiger charge is -2.55. The van der Waals surface area contributed by atoms with E-state index >= 15 is 0 Å². The Balaban J connectivity index is 2.01. The number of ether oxygens (including phenoxy) is 1. The van der Waals surface area contributed by atoms with E-state index in [-0.39, 0.29) is 33.8 Å². The normalized spacial score (nSPS) is 31.8. The summed E-state index contributed by atoms with van der Waals surface area (Å²) in [7, 11) is -2.32.